The van der Waals surface area contributed by atoms with E-state index in [9.17, 15) is 4.79 Å². The lowest BCUT2D eigenvalue weighted by Crippen LogP contribution is -2.38. The van der Waals surface area contributed by atoms with Crippen molar-refractivity contribution < 1.29 is 4.79 Å². The van der Waals surface area contributed by atoms with Crippen molar-refractivity contribution in [2.24, 2.45) is 0 Å². The molecule has 1 aliphatic heterocycles. The Morgan fingerprint density at radius 1 is 1.46 bits per heavy atom. The summed E-state index contributed by atoms with van der Waals surface area (Å²) in [6, 6.07) is 0.103. The van der Waals surface area contributed by atoms with Crippen LogP contribution >= 0.6 is 0 Å². The topological polar surface area (TPSA) is 32.3 Å². The predicted molar refractivity (Wildman–Crippen MR) is 53.6 cm³/mol. The molecular weight excluding hydrogens is 164 g/mol. The average Bonchev–Trinajstić information content (AvgIpc) is 2.46. The summed E-state index contributed by atoms with van der Waals surface area (Å²) >= 11 is 0. The van der Waals surface area contributed by atoms with Gasteiger partial charge in [-0.3, -0.25) is 4.79 Å². The van der Waals surface area contributed by atoms with E-state index in [4.69, 9.17) is 0 Å². The molecule has 1 amide bonds. The fraction of sp³-hybridized carbons (Fsp3) is 0.900. The van der Waals surface area contributed by atoms with Gasteiger partial charge in [-0.2, -0.15) is 0 Å². The van der Waals surface area contributed by atoms with Crippen LogP contribution in [-0.2, 0) is 4.79 Å². The molecule has 1 N–H and O–H groups in total. The zero-order chi connectivity index (χ0) is 9.68. The van der Waals surface area contributed by atoms with Gasteiger partial charge in [0.05, 0.1) is 6.04 Å². The lowest BCUT2D eigenvalue weighted by atomic mass is 10.2. The third-order valence-electron chi connectivity index (χ3n) is 2.43. The molecule has 0 aromatic heterocycles. The molecule has 0 saturated carbocycles. The van der Waals surface area contributed by atoms with Crippen LogP contribution in [0.5, 0.6) is 0 Å². The van der Waals surface area contributed by atoms with Crippen molar-refractivity contribution in [2.75, 3.05) is 19.6 Å². The Hall–Kier alpha value is -0.570. The second kappa shape index (κ2) is 5.22. The van der Waals surface area contributed by atoms with Crippen LogP contribution < -0.4 is 5.32 Å². The molecule has 1 atom stereocenters. The molecule has 0 aromatic carbocycles. The Morgan fingerprint density at radius 3 is 2.85 bits per heavy atom. The number of hydrogen-bond donors (Lipinski definition) is 1. The Kier molecular flexibility index (Phi) is 4.22. The van der Waals surface area contributed by atoms with Gasteiger partial charge in [0.15, 0.2) is 0 Å². The highest BCUT2D eigenvalue weighted by molar-refractivity contribution is 5.83. The van der Waals surface area contributed by atoms with Gasteiger partial charge in [0.2, 0.25) is 5.91 Å². The normalized spacial score (nSPS) is 22.8. The van der Waals surface area contributed by atoms with Gasteiger partial charge in [-0.15, -0.1) is 0 Å². The summed E-state index contributed by atoms with van der Waals surface area (Å²) in [6.45, 7) is 7.05. The Balaban J connectivity index is 2.32. The standard InChI is InChI=1S/C10H20N2O/c1-3-6-11-9-5-8-12(7-4-2)10(9)13/h9,11H,3-8H2,1-2H3. The minimum atomic E-state index is 0.103. The van der Waals surface area contributed by atoms with Crippen LogP contribution in [0.3, 0.4) is 0 Å². The van der Waals surface area contributed by atoms with Gasteiger partial charge in [0.25, 0.3) is 0 Å². The third kappa shape index (κ3) is 2.69. The number of amides is 1. The molecule has 3 heteroatoms. The van der Waals surface area contributed by atoms with Crippen LogP contribution in [-0.4, -0.2) is 36.5 Å². The molecule has 1 aliphatic rings. The number of hydrogen-bond acceptors (Lipinski definition) is 2. The van der Waals surface area contributed by atoms with E-state index in [0.29, 0.717) is 5.91 Å². The van der Waals surface area contributed by atoms with Crippen LogP contribution in [0.2, 0.25) is 0 Å². The van der Waals surface area contributed by atoms with Crippen molar-refractivity contribution in [3.8, 4) is 0 Å². The number of likely N-dealkylation sites (tertiary alicyclic amines) is 1. The maximum absolute atomic E-state index is 11.7. The first kappa shape index (κ1) is 10.5. The van der Waals surface area contributed by atoms with E-state index in [-0.39, 0.29) is 6.04 Å². The zero-order valence-electron chi connectivity index (χ0n) is 8.68. The highest BCUT2D eigenvalue weighted by Crippen LogP contribution is 2.11. The summed E-state index contributed by atoms with van der Waals surface area (Å²) in [5.74, 6) is 0.301. The van der Waals surface area contributed by atoms with Crippen LogP contribution in [0.4, 0.5) is 0 Å². The lowest BCUT2D eigenvalue weighted by Gasteiger charge is -2.15. The van der Waals surface area contributed by atoms with Gasteiger partial charge >= 0.3 is 0 Å². The number of nitrogens with one attached hydrogen (secondary N) is 1. The molecule has 0 aliphatic carbocycles. The third-order valence-corrected chi connectivity index (χ3v) is 2.43. The van der Waals surface area contributed by atoms with Gasteiger partial charge in [0, 0.05) is 13.1 Å². The van der Waals surface area contributed by atoms with E-state index in [1.54, 1.807) is 0 Å². The van der Waals surface area contributed by atoms with Gasteiger partial charge in [-0.1, -0.05) is 13.8 Å². The molecule has 13 heavy (non-hydrogen) atoms. The Bertz CT molecular complexity index is 170. The molecule has 1 unspecified atom stereocenters. The van der Waals surface area contributed by atoms with Gasteiger partial charge in [-0.25, -0.2) is 0 Å². The molecule has 0 bridgehead atoms. The van der Waals surface area contributed by atoms with Crippen molar-refractivity contribution >= 4 is 5.91 Å². The molecule has 1 saturated heterocycles. The number of carbonyl (C=O) groups is 1. The molecule has 0 spiro atoms. The SMILES string of the molecule is CCCNC1CCN(CCC)C1=O. The molecule has 1 fully saturated rings. The molecule has 3 nitrogen and oxygen atoms in total. The summed E-state index contributed by atoms with van der Waals surface area (Å²) in [5.41, 5.74) is 0. The van der Waals surface area contributed by atoms with Crippen LogP contribution in [0.1, 0.15) is 33.1 Å². The molecule has 1 heterocycles. The maximum Gasteiger partial charge on any atom is 0.239 e. The van der Waals surface area contributed by atoms with Gasteiger partial charge in [0.1, 0.15) is 0 Å². The van der Waals surface area contributed by atoms with Crippen molar-refractivity contribution in [3.63, 3.8) is 0 Å². The van der Waals surface area contributed by atoms with E-state index >= 15 is 0 Å². The fourth-order valence-corrected chi connectivity index (χ4v) is 1.74. The monoisotopic (exact) mass is 184 g/mol. The van der Waals surface area contributed by atoms with Crippen molar-refractivity contribution in [2.45, 2.75) is 39.2 Å². The summed E-state index contributed by atoms with van der Waals surface area (Å²) in [6.07, 6.45) is 3.14. The maximum atomic E-state index is 11.7. The largest absolute Gasteiger partial charge is 0.341 e. The molecule has 0 radical (unpaired) electrons. The first-order valence-corrected chi connectivity index (χ1v) is 5.31. The van der Waals surface area contributed by atoms with Crippen molar-refractivity contribution in [1.29, 1.82) is 0 Å². The second-order valence-electron chi connectivity index (χ2n) is 3.62. The minimum Gasteiger partial charge on any atom is -0.341 e. The van der Waals surface area contributed by atoms with Crippen LogP contribution in [0.25, 0.3) is 0 Å². The predicted octanol–water partition coefficient (Wildman–Crippen LogP) is 0.997. The summed E-state index contributed by atoms with van der Waals surface area (Å²) < 4.78 is 0. The van der Waals surface area contributed by atoms with E-state index in [1.165, 1.54) is 0 Å². The Morgan fingerprint density at radius 2 is 2.23 bits per heavy atom. The summed E-state index contributed by atoms with van der Waals surface area (Å²) in [7, 11) is 0. The number of nitrogens with zero attached hydrogens (tertiary/aromatic N) is 1. The Labute approximate surface area is 80.5 Å². The highest BCUT2D eigenvalue weighted by Gasteiger charge is 2.29. The molecule has 76 valence electrons. The summed E-state index contributed by atoms with van der Waals surface area (Å²) in [5, 5.41) is 3.28. The minimum absolute atomic E-state index is 0.103. The van der Waals surface area contributed by atoms with Crippen LogP contribution in [0.15, 0.2) is 0 Å². The number of carbonyl (C=O) groups excluding carboxylic acids is 1. The van der Waals surface area contributed by atoms with E-state index < -0.39 is 0 Å². The molecule has 0 aromatic rings. The van der Waals surface area contributed by atoms with Crippen molar-refractivity contribution in [3.05, 3.63) is 0 Å². The van der Waals surface area contributed by atoms with E-state index in [1.807, 2.05) is 4.90 Å². The number of rotatable bonds is 5. The average molecular weight is 184 g/mol. The van der Waals surface area contributed by atoms with Crippen LogP contribution in [0, 0.1) is 0 Å². The lowest BCUT2D eigenvalue weighted by molar-refractivity contribution is -0.129. The van der Waals surface area contributed by atoms with Gasteiger partial charge in [-0.05, 0) is 25.8 Å². The smallest absolute Gasteiger partial charge is 0.239 e. The quantitative estimate of drug-likeness (QED) is 0.691. The highest BCUT2D eigenvalue weighted by atomic mass is 16.2. The first-order chi connectivity index (χ1) is 6.29. The first-order valence-electron chi connectivity index (χ1n) is 5.31. The fourth-order valence-electron chi connectivity index (χ4n) is 1.74. The summed E-state index contributed by atoms with van der Waals surface area (Å²) in [4.78, 5) is 13.6. The molecule has 1 rings (SSSR count). The van der Waals surface area contributed by atoms with E-state index in [2.05, 4.69) is 19.2 Å². The zero-order valence-corrected chi connectivity index (χ0v) is 8.68. The second-order valence-corrected chi connectivity index (χ2v) is 3.62. The van der Waals surface area contributed by atoms with Crippen molar-refractivity contribution in [1.82, 2.24) is 10.2 Å². The molecular formula is C10H20N2O. The van der Waals surface area contributed by atoms with E-state index in [0.717, 1.165) is 38.9 Å². The van der Waals surface area contributed by atoms with Gasteiger partial charge < -0.3 is 10.2 Å².